The number of hydrogen-bond donors (Lipinski definition) is 0. The fourth-order valence-corrected chi connectivity index (χ4v) is 1.17. The molecule has 0 unspecified atom stereocenters. The van der Waals surface area contributed by atoms with Gasteiger partial charge in [-0.2, -0.15) is 0 Å². The van der Waals surface area contributed by atoms with Gasteiger partial charge in [-0.1, -0.05) is 5.16 Å². The molecule has 2 aromatic rings. The molecule has 0 aliphatic heterocycles. The predicted molar refractivity (Wildman–Crippen MR) is 46.6 cm³/mol. The molecule has 1 aromatic carbocycles. The molecule has 0 aliphatic carbocycles. The Bertz CT molecular complexity index is 405. The van der Waals surface area contributed by atoms with Crippen LogP contribution in [-0.2, 0) is 0 Å². The van der Waals surface area contributed by atoms with E-state index < -0.39 is 0 Å². The van der Waals surface area contributed by atoms with Gasteiger partial charge >= 0.3 is 0 Å². The lowest BCUT2D eigenvalue weighted by Gasteiger charge is -1.95. The second-order valence-electron chi connectivity index (χ2n) is 2.84. The molecular formula is C10H8FNO. The molecule has 13 heavy (non-hydrogen) atoms. The molecule has 3 heteroatoms. The van der Waals surface area contributed by atoms with Gasteiger partial charge in [0.2, 0.25) is 0 Å². The molecule has 0 atom stereocenters. The van der Waals surface area contributed by atoms with Crippen molar-refractivity contribution in [2.24, 2.45) is 0 Å². The molecule has 2 rings (SSSR count). The largest absolute Gasteiger partial charge is 0.356 e. The van der Waals surface area contributed by atoms with E-state index in [9.17, 15) is 4.39 Å². The fraction of sp³-hybridized carbons (Fsp3) is 0.100. The van der Waals surface area contributed by atoms with Crippen molar-refractivity contribution >= 4 is 0 Å². The number of nitrogens with zero attached hydrogens (tertiary/aromatic N) is 1. The van der Waals surface area contributed by atoms with E-state index in [0.717, 1.165) is 11.1 Å². The van der Waals surface area contributed by atoms with Gasteiger partial charge in [0.05, 0.1) is 6.20 Å². The molecule has 66 valence electrons. The zero-order chi connectivity index (χ0) is 9.26. The van der Waals surface area contributed by atoms with Gasteiger partial charge in [0, 0.05) is 11.1 Å². The Labute approximate surface area is 75.0 Å². The normalized spacial score (nSPS) is 10.3. The summed E-state index contributed by atoms with van der Waals surface area (Å²) in [5.74, 6) is 0.445. The Morgan fingerprint density at radius 3 is 2.46 bits per heavy atom. The van der Waals surface area contributed by atoms with E-state index in [2.05, 4.69) is 5.16 Å². The highest BCUT2D eigenvalue weighted by Gasteiger charge is 2.05. The van der Waals surface area contributed by atoms with Crippen LogP contribution in [0, 0.1) is 12.7 Å². The van der Waals surface area contributed by atoms with Crippen molar-refractivity contribution in [1.29, 1.82) is 0 Å². The van der Waals surface area contributed by atoms with Crippen LogP contribution in [0.1, 0.15) is 5.56 Å². The van der Waals surface area contributed by atoms with Gasteiger partial charge in [-0.3, -0.25) is 0 Å². The molecule has 2 nitrogen and oxygen atoms in total. The highest BCUT2D eigenvalue weighted by atomic mass is 19.1. The molecular weight excluding hydrogens is 169 g/mol. The van der Waals surface area contributed by atoms with Gasteiger partial charge in [-0.25, -0.2) is 4.39 Å². The van der Waals surface area contributed by atoms with Crippen LogP contribution < -0.4 is 0 Å². The van der Waals surface area contributed by atoms with E-state index >= 15 is 0 Å². The van der Waals surface area contributed by atoms with Gasteiger partial charge in [0.25, 0.3) is 0 Å². The summed E-state index contributed by atoms with van der Waals surface area (Å²) in [7, 11) is 0. The van der Waals surface area contributed by atoms with E-state index in [0.29, 0.717) is 5.76 Å². The zero-order valence-corrected chi connectivity index (χ0v) is 7.12. The minimum atomic E-state index is -0.249. The summed E-state index contributed by atoms with van der Waals surface area (Å²) in [6, 6.07) is 6.14. The highest BCUT2D eigenvalue weighted by Crippen LogP contribution is 2.22. The Balaban J connectivity index is 2.47. The van der Waals surface area contributed by atoms with Crippen molar-refractivity contribution < 1.29 is 8.91 Å². The molecule has 0 aliphatic rings. The molecule has 1 aromatic heterocycles. The summed E-state index contributed by atoms with van der Waals surface area (Å²) in [5.41, 5.74) is 1.79. The standard InChI is InChI=1S/C10H8FNO/c1-7-6-12-13-10(7)8-2-4-9(11)5-3-8/h2-6H,1H3. The third-order valence-electron chi connectivity index (χ3n) is 1.85. The Kier molecular flexibility index (Phi) is 1.85. The van der Waals surface area contributed by atoms with Crippen molar-refractivity contribution in [3.8, 4) is 11.3 Å². The number of aryl methyl sites for hydroxylation is 1. The van der Waals surface area contributed by atoms with E-state index in [1.54, 1.807) is 18.3 Å². The van der Waals surface area contributed by atoms with Crippen molar-refractivity contribution in [2.45, 2.75) is 6.92 Å². The van der Waals surface area contributed by atoms with Crippen molar-refractivity contribution in [2.75, 3.05) is 0 Å². The lowest BCUT2D eigenvalue weighted by Crippen LogP contribution is -1.78. The Hall–Kier alpha value is -1.64. The first-order valence-electron chi connectivity index (χ1n) is 3.94. The summed E-state index contributed by atoms with van der Waals surface area (Å²) in [4.78, 5) is 0. The molecule has 0 amide bonds. The molecule has 1 heterocycles. The molecule has 0 bridgehead atoms. The van der Waals surface area contributed by atoms with Crippen molar-refractivity contribution in [1.82, 2.24) is 5.16 Å². The summed E-state index contributed by atoms with van der Waals surface area (Å²) >= 11 is 0. The second-order valence-corrected chi connectivity index (χ2v) is 2.84. The summed E-state index contributed by atoms with van der Waals surface area (Å²) in [5, 5.41) is 3.65. The Morgan fingerprint density at radius 2 is 1.92 bits per heavy atom. The summed E-state index contributed by atoms with van der Waals surface area (Å²) in [6.07, 6.45) is 1.64. The van der Waals surface area contributed by atoms with Crippen LogP contribution in [0.5, 0.6) is 0 Å². The van der Waals surface area contributed by atoms with Gasteiger partial charge in [-0.05, 0) is 31.2 Å². The SMILES string of the molecule is Cc1cnoc1-c1ccc(F)cc1. The monoisotopic (exact) mass is 177 g/mol. The topological polar surface area (TPSA) is 26.0 Å². The quantitative estimate of drug-likeness (QED) is 0.669. The average Bonchev–Trinajstić information content (AvgIpc) is 2.53. The lowest BCUT2D eigenvalue weighted by atomic mass is 10.1. The van der Waals surface area contributed by atoms with E-state index in [1.165, 1.54) is 12.1 Å². The molecule has 0 fully saturated rings. The minimum absolute atomic E-state index is 0.249. The number of hydrogen-bond acceptors (Lipinski definition) is 2. The van der Waals surface area contributed by atoms with Gasteiger partial charge in [-0.15, -0.1) is 0 Å². The molecule has 0 saturated heterocycles. The first-order chi connectivity index (χ1) is 6.27. The predicted octanol–water partition coefficient (Wildman–Crippen LogP) is 2.79. The van der Waals surface area contributed by atoms with E-state index in [4.69, 9.17) is 4.52 Å². The molecule has 0 saturated carbocycles. The van der Waals surface area contributed by atoms with Crippen LogP contribution in [0.15, 0.2) is 35.0 Å². The van der Waals surface area contributed by atoms with Crippen LogP contribution in [-0.4, -0.2) is 5.16 Å². The third kappa shape index (κ3) is 1.45. The van der Waals surface area contributed by atoms with Crippen LogP contribution in [0.2, 0.25) is 0 Å². The van der Waals surface area contributed by atoms with Gasteiger partial charge < -0.3 is 4.52 Å². The van der Waals surface area contributed by atoms with Crippen molar-refractivity contribution in [3.05, 3.63) is 41.8 Å². The van der Waals surface area contributed by atoms with Crippen molar-refractivity contribution in [3.63, 3.8) is 0 Å². The maximum absolute atomic E-state index is 12.6. The van der Waals surface area contributed by atoms with E-state index in [-0.39, 0.29) is 5.82 Å². The fourth-order valence-electron chi connectivity index (χ4n) is 1.17. The first kappa shape index (κ1) is 7.98. The number of halogens is 1. The third-order valence-corrected chi connectivity index (χ3v) is 1.85. The van der Waals surface area contributed by atoms with Gasteiger partial charge in [0.15, 0.2) is 5.76 Å². The maximum atomic E-state index is 12.6. The van der Waals surface area contributed by atoms with Crippen LogP contribution >= 0.6 is 0 Å². The zero-order valence-electron chi connectivity index (χ0n) is 7.12. The second kappa shape index (κ2) is 3.01. The summed E-state index contributed by atoms with van der Waals surface area (Å²) in [6.45, 7) is 1.90. The smallest absolute Gasteiger partial charge is 0.169 e. The minimum Gasteiger partial charge on any atom is -0.356 e. The molecule has 0 radical (unpaired) electrons. The maximum Gasteiger partial charge on any atom is 0.169 e. The molecule has 0 spiro atoms. The Morgan fingerprint density at radius 1 is 1.23 bits per heavy atom. The highest BCUT2D eigenvalue weighted by molar-refractivity contribution is 5.59. The van der Waals surface area contributed by atoms with Crippen LogP contribution in [0.4, 0.5) is 4.39 Å². The molecule has 0 N–H and O–H groups in total. The van der Waals surface area contributed by atoms with Crippen LogP contribution in [0.25, 0.3) is 11.3 Å². The number of rotatable bonds is 1. The first-order valence-corrected chi connectivity index (χ1v) is 3.94. The summed E-state index contributed by atoms with van der Waals surface area (Å²) < 4.78 is 17.6. The van der Waals surface area contributed by atoms with E-state index in [1.807, 2.05) is 6.92 Å². The number of aromatic nitrogens is 1. The average molecular weight is 177 g/mol. The lowest BCUT2D eigenvalue weighted by molar-refractivity contribution is 0.432. The number of benzene rings is 1. The van der Waals surface area contributed by atoms with Gasteiger partial charge in [0.1, 0.15) is 5.82 Å². The van der Waals surface area contributed by atoms with Crippen LogP contribution in [0.3, 0.4) is 0 Å².